The molecule has 0 amide bonds. The Balaban J connectivity index is 2.38. The normalized spacial score (nSPS) is 13.3. The maximum Gasteiger partial charge on any atom is 0.0915 e. The van der Waals surface area contributed by atoms with Gasteiger partial charge < -0.3 is 15.4 Å². The molecule has 0 saturated heterocycles. The van der Waals surface area contributed by atoms with Gasteiger partial charge in [-0.1, -0.05) is 23.7 Å². The molecule has 2 aromatic rings. The van der Waals surface area contributed by atoms with Crippen LogP contribution in [0.5, 0.6) is 0 Å². The second-order valence-electron chi connectivity index (χ2n) is 3.52. The van der Waals surface area contributed by atoms with Crippen molar-refractivity contribution in [3.05, 3.63) is 35.0 Å². The Kier molecular flexibility index (Phi) is 2.95. The minimum absolute atomic E-state index is 0.485. The van der Waals surface area contributed by atoms with E-state index in [1.807, 2.05) is 25.2 Å². The van der Waals surface area contributed by atoms with Crippen molar-refractivity contribution in [2.24, 2.45) is 0 Å². The minimum atomic E-state index is -0.485. The molecule has 2 rings (SSSR count). The van der Waals surface area contributed by atoms with Crippen molar-refractivity contribution in [2.45, 2.75) is 6.10 Å². The SMILES string of the molecule is CNCC(O)c1ccc2c(Cl)c[nH]c2c1. The molecule has 0 spiro atoms. The number of aliphatic hydroxyl groups excluding tert-OH is 1. The molecule has 0 aliphatic rings. The summed E-state index contributed by atoms with van der Waals surface area (Å²) in [5, 5.41) is 14.4. The lowest BCUT2D eigenvalue weighted by Crippen LogP contribution is -2.16. The van der Waals surface area contributed by atoms with E-state index < -0.39 is 6.10 Å². The fraction of sp³-hybridized carbons (Fsp3) is 0.273. The molecule has 0 bridgehead atoms. The Hall–Kier alpha value is -1.03. The van der Waals surface area contributed by atoms with Crippen molar-refractivity contribution in [1.82, 2.24) is 10.3 Å². The Labute approximate surface area is 93.1 Å². The van der Waals surface area contributed by atoms with Gasteiger partial charge in [0.05, 0.1) is 11.1 Å². The molecule has 0 aliphatic heterocycles. The van der Waals surface area contributed by atoms with Crippen LogP contribution in [0, 0.1) is 0 Å². The average Bonchev–Trinajstić information content (AvgIpc) is 2.60. The van der Waals surface area contributed by atoms with Gasteiger partial charge in [-0.3, -0.25) is 0 Å². The lowest BCUT2D eigenvalue weighted by atomic mass is 10.1. The summed E-state index contributed by atoms with van der Waals surface area (Å²) in [6.07, 6.45) is 1.27. The Morgan fingerprint density at radius 3 is 3.07 bits per heavy atom. The third kappa shape index (κ3) is 2.00. The quantitative estimate of drug-likeness (QED) is 0.748. The number of aliphatic hydroxyl groups is 1. The molecular weight excluding hydrogens is 212 g/mol. The van der Waals surface area contributed by atoms with Crippen LogP contribution in [-0.2, 0) is 0 Å². The van der Waals surface area contributed by atoms with Gasteiger partial charge in [0.25, 0.3) is 0 Å². The van der Waals surface area contributed by atoms with E-state index in [2.05, 4.69) is 10.3 Å². The van der Waals surface area contributed by atoms with Crippen molar-refractivity contribution >= 4 is 22.5 Å². The molecule has 80 valence electrons. The largest absolute Gasteiger partial charge is 0.387 e. The van der Waals surface area contributed by atoms with Crippen LogP contribution in [0.3, 0.4) is 0 Å². The zero-order valence-corrected chi connectivity index (χ0v) is 9.17. The van der Waals surface area contributed by atoms with E-state index in [4.69, 9.17) is 11.6 Å². The molecule has 3 nitrogen and oxygen atoms in total. The molecule has 1 atom stereocenters. The Morgan fingerprint density at radius 2 is 2.33 bits per heavy atom. The van der Waals surface area contributed by atoms with Crippen molar-refractivity contribution < 1.29 is 5.11 Å². The summed E-state index contributed by atoms with van der Waals surface area (Å²) in [6, 6.07) is 5.73. The van der Waals surface area contributed by atoms with Crippen molar-refractivity contribution in [3.8, 4) is 0 Å². The maximum atomic E-state index is 9.78. The number of H-pyrrole nitrogens is 1. The summed E-state index contributed by atoms with van der Waals surface area (Å²) in [7, 11) is 1.81. The van der Waals surface area contributed by atoms with E-state index in [0.29, 0.717) is 11.6 Å². The second kappa shape index (κ2) is 4.23. The number of hydrogen-bond donors (Lipinski definition) is 3. The Bertz CT molecular complexity index is 467. The molecule has 4 heteroatoms. The summed E-state index contributed by atoms with van der Waals surface area (Å²) in [5.41, 5.74) is 1.84. The van der Waals surface area contributed by atoms with E-state index in [0.717, 1.165) is 16.5 Å². The molecular formula is C11H13ClN2O. The van der Waals surface area contributed by atoms with Crippen LogP contribution < -0.4 is 5.32 Å². The van der Waals surface area contributed by atoms with Crippen LogP contribution in [0.2, 0.25) is 5.02 Å². The van der Waals surface area contributed by atoms with Crippen molar-refractivity contribution in [3.63, 3.8) is 0 Å². The highest BCUT2D eigenvalue weighted by atomic mass is 35.5. The van der Waals surface area contributed by atoms with Crippen molar-refractivity contribution in [1.29, 1.82) is 0 Å². The first-order valence-corrected chi connectivity index (χ1v) is 5.19. The first-order valence-electron chi connectivity index (χ1n) is 4.81. The van der Waals surface area contributed by atoms with E-state index in [-0.39, 0.29) is 0 Å². The monoisotopic (exact) mass is 224 g/mol. The molecule has 1 aromatic carbocycles. The summed E-state index contributed by atoms with van der Waals surface area (Å²) >= 11 is 5.96. The average molecular weight is 225 g/mol. The maximum absolute atomic E-state index is 9.78. The van der Waals surface area contributed by atoms with E-state index in [9.17, 15) is 5.11 Å². The number of fused-ring (bicyclic) bond motifs is 1. The lowest BCUT2D eigenvalue weighted by Gasteiger charge is -2.09. The molecule has 0 saturated carbocycles. The number of aromatic amines is 1. The summed E-state index contributed by atoms with van der Waals surface area (Å²) < 4.78 is 0. The smallest absolute Gasteiger partial charge is 0.0915 e. The van der Waals surface area contributed by atoms with E-state index >= 15 is 0 Å². The van der Waals surface area contributed by atoms with Crippen LogP contribution in [-0.4, -0.2) is 23.7 Å². The van der Waals surface area contributed by atoms with E-state index in [1.165, 1.54) is 0 Å². The number of aromatic nitrogens is 1. The number of benzene rings is 1. The van der Waals surface area contributed by atoms with Crippen LogP contribution in [0.4, 0.5) is 0 Å². The van der Waals surface area contributed by atoms with Gasteiger partial charge in [0, 0.05) is 23.6 Å². The number of hydrogen-bond acceptors (Lipinski definition) is 2. The highest BCUT2D eigenvalue weighted by molar-refractivity contribution is 6.35. The Morgan fingerprint density at radius 1 is 1.53 bits per heavy atom. The van der Waals surface area contributed by atoms with Gasteiger partial charge in [0.2, 0.25) is 0 Å². The third-order valence-electron chi connectivity index (χ3n) is 2.44. The van der Waals surface area contributed by atoms with Gasteiger partial charge in [0.1, 0.15) is 0 Å². The molecule has 1 unspecified atom stereocenters. The highest BCUT2D eigenvalue weighted by Gasteiger charge is 2.08. The number of halogens is 1. The van der Waals surface area contributed by atoms with Crippen LogP contribution in [0.15, 0.2) is 24.4 Å². The fourth-order valence-corrected chi connectivity index (χ4v) is 1.85. The standard InChI is InChI=1S/C11H13ClN2O/c1-13-6-11(15)7-2-3-8-9(12)5-14-10(8)4-7/h2-5,11,13-15H,6H2,1H3. The highest BCUT2D eigenvalue weighted by Crippen LogP contribution is 2.25. The molecule has 15 heavy (non-hydrogen) atoms. The van der Waals surface area contributed by atoms with Crippen LogP contribution in [0.25, 0.3) is 10.9 Å². The lowest BCUT2D eigenvalue weighted by molar-refractivity contribution is 0.178. The van der Waals surface area contributed by atoms with Gasteiger partial charge >= 0.3 is 0 Å². The second-order valence-corrected chi connectivity index (χ2v) is 3.92. The molecule has 3 N–H and O–H groups in total. The number of nitrogens with one attached hydrogen (secondary N) is 2. The fourth-order valence-electron chi connectivity index (χ4n) is 1.63. The summed E-state index contributed by atoms with van der Waals surface area (Å²) in [6.45, 7) is 0.542. The predicted octanol–water partition coefficient (Wildman–Crippen LogP) is 2.07. The van der Waals surface area contributed by atoms with Gasteiger partial charge in [-0.25, -0.2) is 0 Å². The number of rotatable bonds is 3. The minimum Gasteiger partial charge on any atom is -0.387 e. The van der Waals surface area contributed by atoms with Crippen LogP contribution >= 0.6 is 11.6 Å². The topological polar surface area (TPSA) is 48.0 Å². The van der Waals surface area contributed by atoms with Gasteiger partial charge in [-0.2, -0.15) is 0 Å². The van der Waals surface area contributed by atoms with Crippen molar-refractivity contribution in [2.75, 3.05) is 13.6 Å². The predicted molar refractivity (Wildman–Crippen MR) is 62.2 cm³/mol. The summed E-state index contributed by atoms with van der Waals surface area (Å²) in [5.74, 6) is 0. The van der Waals surface area contributed by atoms with Gasteiger partial charge in [0.15, 0.2) is 0 Å². The zero-order chi connectivity index (χ0) is 10.8. The summed E-state index contributed by atoms with van der Waals surface area (Å²) in [4.78, 5) is 3.06. The third-order valence-corrected chi connectivity index (χ3v) is 2.75. The molecule has 1 heterocycles. The molecule has 0 fully saturated rings. The molecule has 1 aromatic heterocycles. The first kappa shape index (κ1) is 10.5. The van der Waals surface area contributed by atoms with E-state index in [1.54, 1.807) is 6.20 Å². The van der Waals surface area contributed by atoms with Gasteiger partial charge in [-0.15, -0.1) is 0 Å². The first-order chi connectivity index (χ1) is 7.22. The zero-order valence-electron chi connectivity index (χ0n) is 8.42. The number of likely N-dealkylation sites (N-methyl/N-ethyl adjacent to an activating group) is 1. The molecule has 0 aliphatic carbocycles. The van der Waals surface area contributed by atoms with Gasteiger partial charge in [-0.05, 0) is 18.7 Å². The van der Waals surface area contributed by atoms with Crippen LogP contribution in [0.1, 0.15) is 11.7 Å². The molecule has 0 radical (unpaired) electrons.